The van der Waals surface area contributed by atoms with E-state index in [1.165, 1.54) is 22.7 Å². The maximum atomic E-state index is 12.7. The monoisotopic (exact) mass is 605 g/mol. The molecule has 214 valence electrons. The Bertz CT molecular complexity index is 1490. The summed E-state index contributed by atoms with van der Waals surface area (Å²) in [6.45, 7) is 6.30. The minimum Gasteiger partial charge on any atom is -0.494 e. The van der Waals surface area contributed by atoms with Gasteiger partial charge in [-0.3, -0.25) is 14.4 Å². The van der Waals surface area contributed by atoms with Crippen molar-refractivity contribution in [2.75, 3.05) is 36.6 Å². The maximum Gasteiger partial charge on any atom is 0.341 e. The molecule has 2 heterocycles. The number of nitrogens with zero attached hydrogens (tertiary/aromatic N) is 2. The summed E-state index contributed by atoms with van der Waals surface area (Å²) in [5.74, 6) is -0.943. The van der Waals surface area contributed by atoms with Crippen LogP contribution in [-0.4, -0.2) is 59.6 Å². The number of esters is 2. The zero-order valence-electron chi connectivity index (χ0n) is 22.6. The Hall–Kier alpha value is -3.16. The number of thiazole rings is 1. The van der Waals surface area contributed by atoms with Gasteiger partial charge in [-0.25, -0.2) is 4.79 Å². The van der Waals surface area contributed by atoms with Gasteiger partial charge in [-0.1, -0.05) is 11.3 Å². The second-order valence-corrected chi connectivity index (χ2v) is 11.8. The van der Waals surface area contributed by atoms with Gasteiger partial charge in [-0.2, -0.15) is 4.99 Å². The molecule has 13 heteroatoms. The number of hydrogen-bond acceptors (Lipinski definition) is 10. The predicted octanol–water partition coefficient (Wildman–Crippen LogP) is 4.19. The number of aryl methyl sites for hydroxylation is 1. The zero-order chi connectivity index (χ0) is 28.6. The van der Waals surface area contributed by atoms with E-state index in [1.807, 2.05) is 19.1 Å². The summed E-state index contributed by atoms with van der Waals surface area (Å²) < 4.78 is 18.3. The van der Waals surface area contributed by atoms with Gasteiger partial charge in [0, 0.05) is 4.88 Å². The number of rotatable bonds is 12. The van der Waals surface area contributed by atoms with E-state index in [0.717, 1.165) is 51.7 Å². The molecule has 0 atom stereocenters. The summed E-state index contributed by atoms with van der Waals surface area (Å²) in [7, 11) is 0. The highest BCUT2D eigenvalue weighted by atomic mass is 32.2. The second kappa shape index (κ2) is 14.0. The molecular formula is C27H31N3O7S3. The Kier molecular flexibility index (Phi) is 10.4. The van der Waals surface area contributed by atoms with Crippen molar-refractivity contribution in [2.24, 2.45) is 4.99 Å². The van der Waals surface area contributed by atoms with E-state index in [1.54, 1.807) is 24.5 Å². The number of anilines is 1. The molecule has 1 aromatic carbocycles. The Labute approximate surface area is 243 Å². The van der Waals surface area contributed by atoms with Crippen LogP contribution in [0.1, 0.15) is 48.0 Å². The molecule has 2 aromatic heterocycles. The molecule has 10 nitrogen and oxygen atoms in total. The molecule has 1 aliphatic rings. The van der Waals surface area contributed by atoms with Crippen LogP contribution in [0.15, 0.2) is 23.2 Å². The third kappa shape index (κ3) is 7.12. The van der Waals surface area contributed by atoms with Crippen molar-refractivity contribution in [1.29, 1.82) is 0 Å². The standard InChI is InChI=1S/C27H31N3O7S3/c1-4-35-16-10-11-18-20(12-16)40-27(30(18)13-23(33)36-5-2)29-22(32)15-38-14-21(31)28-25-24(26(34)37-6-3)17-8-7-9-19(17)39-25/h10-12H,4-9,13-15H2,1-3H3,(H,28,31). The molecule has 1 aliphatic carbocycles. The van der Waals surface area contributed by atoms with Crippen LogP contribution in [0.5, 0.6) is 5.75 Å². The lowest BCUT2D eigenvalue weighted by molar-refractivity contribution is -0.143. The van der Waals surface area contributed by atoms with Crippen molar-refractivity contribution in [2.45, 2.75) is 46.6 Å². The highest BCUT2D eigenvalue weighted by molar-refractivity contribution is 8.00. The highest BCUT2D eigenvalue weighted by Crippen LogP contribution is 2.39. The van der Waals surface area contributed by atoms with Gasteiger partial charge in [-0.15, -0.1) is 23.1 Å². The second-order valence-electron chi connectivity index (χ2n) is 8.67. The third-order valence-electron chi connectivity index (χ3n) is 5.89. The number of amides is 2. The molecule has 0 spiro atoms. The lowest BCUT2D eigenvalue weighted by Gasteiger charge is -2.07. The van der Waals surface area contributed by atoms with Crippen LogP contribution >= 0.6 is 34.4 Å². The quantitative estimate of drug-likeness (QED) is 0.305. The molecule has 1 N–H and O–H groups in total. The van der Waals surface area contributed by atoms with E-state index < -0.39 is 17.8 Å². The molecule has 40 heavy (non-hydrogen) atoms. The zero-order valence-corrected chi connectivity index (χ0v) is 25.0. The first kappa shape index (κ1) is 29.8. The first-order valence-corrected chi connectivity index (χ1v) is 15.8. The molecule has 0 bridgehead atoms. The Morgan fingerprint density at radius 1 is 1.02 bits per heavy atom. The van der Waals surface area contributed by atoms with E-state index in [-0.39, 0.29) is 37.2 Å². The normalized spacial score (nSPS) is 12.8. The van der Waals surface area contributed by atoms with Crippen LogP contribution in [0.4, 0.5) is 5.00 Å². The van der Waals surface area contributed by atoms with E-state index in [2.05, 4.69) is 10.3 Å². The van der Waals surface area contributed by atoms with Gasteiger partial charge in [0.25, 0.3) is 5.91 Å². The van der Waals surface area contributed by atoms with Crippen LogP contribution < -0.4 is 14.9 Å². The van der Waals surface area contributed by atoms with Gasteiger partial charge in [0.2, 0.25) is 5.91 Å². The van der Waals surface area contributed by atoms with Gasteiger partial charge in [0.1, 0.15) is 17.3 Å². The molecule has 0 fully saturated rings. The molecule has 2 amide bonds. The molecule has 0 radical (unpaired) electrons. The van der Waals surface area contributed by atoms with Crippen molar-refractivity contribution in [3.05, 3.63) is 39.0 Å². The van der Waals surface area contributed by atoms with E-state index in [4.69, 9.17) is 14.2 Å². The molecule has 0 aliphatic heterocycles. The molecule has 3 aromatic rings. The number of fused-ring (bicyclic) bond motifs is 2. The summed E-state index contributed by atoms with van der Waals surface area (Å²) >= 11 is 3.81. The molecular weight excluding hydrogens is 575 g/mol. The number of nitrogens with one attached hydrogen (secondary N) is 1. The first-order chi connectivity index (χ1) is 19.3. The van der Waals surface area contributed by atoms with Crippen molar-refractivity contribution >= 4 is 73.4 Å². The fourth-order valence-corrected chi connectivity index (χ4v) is 7.30. The Balaban J connectivity index is 1.43. The fraction of sp³-hybridized carbons (Fsp3) is 0.444. The van der Waals surface area contributed by atoms with Crippen LogP contribution in [0.3, 0.4) is 0 Å². The summed E-state index contributed by atoms with van der Waals surface area (Å²) in [5, 5.41) is 3.33. The Morgan fingerprint density at radius 2 is 1.82 bits per heavy atom. The first-order valence-electron chi connectivity index (χ1n) is 13.0. The SMILES string of the molecule is CCOC(=O)Cn1c(=NC(=O)CSCC(=O)Nc2sc3c(c2C(=O)OCC)CCC3)sc2cc(OCC)ccc21. The smallest absolute Gasteiger partial charge is 0.341 e. The van der Waals surface area contributed by atoms with Gasteiger partial charge in [-0.05, 0) is 63.8 Å². The minimum absolute atomic E-state index is 0.0129. The molecule has 4 rings (SSSR count). The molecule has 0 unspecified atom stereocenters. The van der Waals surface area contributed by atoms with Crippen molar-refractivity contribution in [3.63, 3.8) is 0 Å². The van der Waals surface area contributed by atoms with Crippen LogP contribution in [-0.2, 0) is 43.2 Å². The van der Waals surface area contributed by atoms with Crippen molar-refractivity contribution in [3.8, 4) is 5.75 Å². The number of hydrogen-bond donors (Lipinski definition) is 1. The van der Waals surface area contributed by atoms with Crippen LogP contribution in [0, 0.1) is 0 Å². The third-order valence-corrected chi connectivity index (χ3v) is 9.06. The van der Waals surface area contributed by atoms with Gasteiger partial charge in [0.15, 0.2) is 4.80 Å². The predicted molar refractivity (Wildman–Crippen MR) is 156 cm³/mol. The molecule has 0 saturated carbocycles. The number of thiophene rings is 1. The summed E-state index contributed by atoms with van der Waals surface area (Å²) in [6, 6.07) is 5.47. The lowest BCUT2D eigenvalue weighted by Crippen LogP contribution is -2.23. The van der Waals surface area contributed by atoms with Crippen molar-refractivity contribution in [1.82, 2.24) is 4.57 Å². The lowest BCUT2D eigenvalue weighted by atomic mass is 10.1. The van der Waals surface area contributed by atoms with E-state index in [0.29, 0.717) is 27.7 Å². The summed E-state index contributed by atoms with van der Waals surface area (Å²) in [5.41, 5.74) is 2.15. The van der Waals surface area contributed by atoms with Crippen LogP contribution in [0.25, 0.3) is 10.2 Å². The average Bonchev–Trinajstić information content (AvgIpc) is 3.57. The maximum absolute atomic E-state index is 12.7. The van der Waals surface area contributed by atoms with E-state index in [9.17, 15) is 19.2 Å². The summed E-state index contributed by atoms with van der Waals surface area (Å²) in [6.07, 6.45) is 2.66. The number of carbonyl (C=O) groups is 4. The topological polar surface area (TPSA) is 125 Å². The highest BCUT2D eigenvalue weighted by Gasteiger charge is 2.28. The number of thioether (sulfide) groups is 1. The van der Waals surface area contributed by atoms with Gasteiger partial charge in [0.05, 0.1) is 47.1 Å². The number of aromatic nitrogens is 1. The van der Waals surface area contributed by atoms with E-state index >= 15 is 0 Å². The van der Waals surface area contributed by atoms with Gasteiger partial charge >= 0.3 is 11.9 Å². The van der Waals surface area contributed by atoms with Crippen LogP contribution in [0.2, 0.25) is 0 Å². The number of carbonyl (C=O) groups excluding carboxylic acids is 4. The molecule has 0 saturated heterocycles. The number of ether oxygens (including phenoxy) is 3. The summed E-state index contributed by atoms with van der Waals surface area (Å²) in [4.78, 5) is 55.9. The number of benzene rings is 1. The van der Waals surface area contributed by atoms with Gasteiger partial charge < -0.3 is 24.1 Å². The largest absolute Gasteiger partial charge is 0.494 e. The Morgan fingerprint density at radius 3 is 2.58 bits per heavy atom. The average molecular weight is 606 g/mol. The fourth-order valence-electron chi connectivity index (χ4n) is 4.33. The van der Waals surface area contributed by atoms with Crippen molar-refractivity contribution < 1.29 is 33.4 Å². The minimum atomic E-state index is -0.436.